The number of nitrogens with zero attached hydrogens (tertiary/aromatic N) is 1. The Kier molecular flexibility index (Phi) is 8.77. The molecule has 0 atom stereocenters. The van der Waals surface area contributed by atoms with Crippen molar-refractivity contribution in [2.24, 2.45) is 0 Å². The molecule has 1 aliphatic heterocycles. The minimum absolute atomic E-state index is 0. The van der Waals surface area contributed by atoms with Gasteiger partial charge >= 0.3 is 0 Å². The van der Waals surface area contributed by atoms with Crippen LogP contribution in [0.4, 0.5) is 10.1 Å². The molecule has 5 nitrogen and oxygen atoms in total. The van der Waals surface area contributed by atoms with Crippen molar-refractivity contribution in [1.29, 1.82) is 5.41 Å². The van der Waals surface area contributed by atoms with Crippen molar-refractivity contribution < 1.29 is 14.0 Å². The highest BCUT2D eigenvalue weighted by Gasteiger charge is 2.18. The number of Topliss-reactive ketones (excluding diaryl/α,β-unsaturated/α-hetero) is 1. The van der Waals surface area contributed by atoms with E-state index in [-0.39, 0.29) is 30.3 Å². The molecule has 2 N–H and O–H groups in total. The van der Waals surface area contributed by atoms with Crippen LogP contribution in [0.5, 0.6) is 0 Å². The Bertz CT molecular complexity index is 1220. The van der Waals surface area contributed by atoms with Crippen LogP contribution in [-0.2, 0) is 6.42 Å². The van der Waals surface area contributed by atoms with Crippen molar-refractivity contribution in [3.63, 3.8) is 0 Å². The fourth-order valence-corrected chi connectivity index (χ4v) is 4.22. The maximum absolute atomic E-state index is 14.1. The summed E-state index contributed by atoms with van der Waals surface area (Å²) in [5.74, 6) is -0.802. The Hall–Kier alpha value is -3.51. The molecule has 0 aromatic heterocycles. The zero-order chi connectivity index (χ0) is 24.1. The van der Waals surface area contributed by atoms with Crippen molar-refractivity contribution >= 4 is 34.8 Å². The number of piperidine rings is 1. The second-order valence-corrected chi connectivity index (χ2v) is 8.75. The van der Waals surface area contributed by atoms with Crippen LogP contribution >= 0.6 is 11.6 Å². The zero-order valence-electron chi connectivity index (χ0n) is 18.6. The molecule has 0 unspecified atom stereocenters. The van der Waals surface area contributed by atoms with Gasteiger partial charge in [0, 0.05) is 41.2 Å². The first-order valence-electron chi connectivity index (χ1n) is 11.2. The molecule has 0 bridgehead atoms. The first-order chi connectivity index (χ1) is 16.4. The minimum Gasteiger partial charge on any atom is -0.357 e. The number of benzene rings is 3. The topological polar surface area (TPSA) is 73.3 Å². The molecule has 1 amide bonds. The number of carbonyl (C=O) groups excluding carboxylic acids is 2. The molecule has 4 rings (SSSR count). The average Bonchev–Trinajstić information content (AvgIpc) is 2.86. The van der Waals surface area contributed by atoms with Crippen molar-refractivity contribution in [2.45, 2.75) is 33.1 Å². The number of likely N-dealkylation sites (tertiary alicyclic amines) is 1. The van der Waals surface area contributed by atoms with Crippen LogP contribution in [0.1, 0.15) is 58.5 Å². The van der Waals surface area contributed by atoms with E-state index >= 15 is 0 Å². The Morgan fingerprint density at radius 2 is 1.60 bits per heavy atom. The van der Waals surface area contributed by atoms with Crippen molar-refractivity contribution in [1.82, 2.24) is 4.90 Å². The van der Waals surface area contributed by atoms with Crippen LogP contribution < -0.4 is 5.32 Å². The van der Waals surface area contributed by atoms with E-state index in [1.807, 2.05) is 0 Å². The summed E-state index contributed by atoms with van der Waals surface area (Å²) in [6, 6.07) is 17.8. The molecule has 35 heavy (non-hydrogen) atoms. The summed E-state index contributed by atoms with van der Waals surface area (Å²) in [7, 11) is 0. The molecule has 1 heterocycles. The monoisotopic (exact) mass is 493 g/mol. The second kappa shape index (κ2) is 11.8. The molecule has 3 aromatic rings. The number of rotatable bonds is 6. The molecule has 0 radical (unpaired) electrons. The molecule has 0 spiro atoms. The van der Waals surface area contributed by atoms with E-state index in [9.17, 15) is 14.0 Å². The molecule has 7 heteroatoms. The van der Waals surface area contributed by atoms with Gasteiger partial charge < -0.3 is 10.2 Å². The van der Waals surface area contributed by atoms with Crippen LogP contribution in [0.25, 0.3) is 0 Å². The smallest absolute Gasteiger partial charge is 0.256 e. The number of anilines is 1. The SMILES string of the molecule is C.N=C(c1ccc(C(=O)Cc2ccccc2C(=O)Nc2ccc(Cl)cc2F)cc1)N1CCCCC1. The van der Waals surface area contributed by atoms with E-state index < -0.39 is 11.7 Å². The first-order valence-corrected chi connectivity index (χ1v) is 11.6. The predicted molar refractivity (Wildman–Crippen MR) is 139 cm³/mol. The number of hydrogen-bond donors (Lipinski definition) is 2. The number of amides is 1. The fourth-order valence-electron chi connectivity index (χ4n) is 4.07. The number of hydrogen-bond acceptors (Lipinski definition) is 3. The third-order valence-corrected chi connectivity index (χ3v) is 6.18. The Labute approximate surface area is 210 Å². The number of amidine groups is 1. The molecule has 1 fully saturated rings. The molecule has 182 valence electrons. The highest BCUT2D eigenvalue weighted by molar-refractivity contribution is 6.30. The molecule has 1 aliphatic rings. The van der Waals surface area contributed by atoms with Gasteiger partial charge in [-0.2, -0.15) is 0 Å². The van der Waals surface area contributed by atoms with E-state index in [4.69, 9.17) is 17.0 Å². The predicted octanol–water partition coefficient (Wildman–Crippen LogP) is 6.60. The van der Waals surface area contributed by atoms with Crippen LogP contribution in [0.2, 0.25) is 5.02 Å². The fraction of sp³-hybridized carbons (Fsp3) is 0.250. The largest absolute Gasteiger partial charge is 0.357 e. The molecule has 0 aliphatic carbocycles. The van der Waals surface area contributed by atoms with Gasteiger partial charge in [-0.1, -0.05) is 61.5 Å². The third-order valence-electron chi connectivity index (χ3n) is 5.94. The summed E-state index contributed by atoms with van der Waals surface area (Å²) < 4.78 is 14.1. The first kappa shape index (κ1) is 26.1. The van der Waals surface area contributed by atoms with Gasteiger partial charge in [-0.25, -0.2) is 4.39 Å². The third kappa shape index (κ3) is 6.34. The Morgan fingerprint density at radius 3 is 2.29 bits per heavy atom. The highest BCUT2D eigenvalue weighted by Crippen LogP contribution is 2.21. The normalized spacial score (nSPS) is 13.0. The highest BCUT2D eigenvalue weighted by atomic mass is 35.5. The minimum atomic E-state index is -0.635. The summed E-state index contributed by atoms with van der Waals surface area (Å²) in [5.41, 5.74) is 2.15. The lowest BCUT2D eigenvalue weighted by Gasteiger charge is -2.29. The van der Waals surface area contributed by atoms with Gasteiger partial charge in [-0.15, -0.1) is 0 Å². The summed E-state index contributed by atoms with van der Waals surface area (Å²) in [6.07, 6.45) is 3.41. The number of halogens is 2. The van der Waals surface area contributed by atoms with Crippen molar-refractivity contribution in [2.75, 3.05) is 18.4 Å². The van der Waals surface area contributed by atoms with E-state index in [1.54, 1.807) is 48.5 Å². The lowest BCUT2D eigenvalue weighted by atomic mass is 9.97. The van der Waals surface area contributed by atoms with Crippen LogP contribution in [0, 0.1) is 11.2 Å². The Balaban J connectivity index is 0.00000342. The quantitative estimate of drug-likeness (QED) is 0.231. The average molecular weight is 494 g/mol. The number of nitrogens with one attached hydrogen (secondary N) is 2. The summed E-state index contributed by atoms with van der Waals surface area (Å²) >= 11 is 5.77. The van der Waals surface area contributed by atoms with Gasteiger partial charge in [-0.3, -0.25) is 15.0 Å². The summed E-state index contributed by atoms with van der Waals surface area (Å²) in [4.78, 5) is 27.8. The van der Waals surface area contributed by atoms with Gasteiger partial charge in [-0.05, 0) is 49.1 Å². The summed E-state index contributed by atoms with van der Waals surface area (Å²) in [6.45, 7) is 1.77. The van der Waals surface area contributed by atoms with Gasteiger partial charge in [0.15, 0.2) is 5.78 Å². The van der Waals surface area contributed by atoms with Crippen LogP contribution in [0.15, 0.2) is 66.7 Å². The van der Waals surface area contributed by atoms with Crippen molar-refractivity contribution in [3.8, 4) is 0 Å². The van der Waals surface area contributed by atoms with E-state index in [0.29, 0.717) is 22.5 Å². The van der Waals surface area contributed by atoms with Crippen molar-refractivity contribution in [3.05, 3.63) is 99.8 Å². The molecule has 3 aromatic carbocycles. The van der Waals surface area contributed by atoms with E-state index in [2.05, 4.69) is 10.2 Å². The number of carbonyl (C=O) groups is 2. The lowest BCUT2D eigenvalue weighted by molar-refractivity contribution is 0.0992. The number of ketones is 1. The van der Waals surface area contributed by atoms with Gasteiger partial charge in [0.05, 0.1) is 5.69 Å². The van der Waals surface area contributed by atoms with Gasteiger partial charge in [0.1, 0.15) is 11.7 Å². The van der Waals surface area contributed by atoms with Gasteiger partial charge in [0.2, 0.25) is 0 Å². The maximum atomic E-state index is 14.1. The summed E-state index contributed by atoms with van der Waals surface area (Å²) in [5, 5.41) is 11.2. The lowest BCUT2D eigenvalue weighted by Crippen LogP contribution is -2.35. The van der Waals surface area contributed by atoms with E-state index in [1.165, 1.54) is 18.6 Å². The van der Waals surface area contributed by atoms with Gasteiger partial charge in [0.25, 0.3) is 5.91 Å². The maximum Gasteiger partial charge on any atom is 0.256 e. The molecule has 0 saturated carbocycles. The molecular weight excluding hydrogens is 465 g/mol. The zero-order valence-corrected chi connectivity index (χ0v) is 19.4. The second-order valence-electron chi connectivity index (χ2n) is 8.31. The van der Waals surface area contributed by atoms with Crippen LogP contribution in [-0.4, -0.2) is 35.5 Å². The van der Waals surface area contributed by atoms with E-state index in [0.717, 1.165) is 37.6 Å². The molecular formula is C28H29ClFN3O2. The molecule has 1 saturated heterocycles. The standard InChI is InChI=1S/C27H25ClFN3O2.CH4/c28-21-12-13-24(23(29)17-21)31-27(34)22-7-3-2-6-20(22)16-25(33)18-8-10-19(11-9-18)26(30)32-14-4-1-5-15-32;/h2-3,6-13,17,30H,1,4-5,14-16H2,(H,31,34);1H4. The van der Waals surface area contributed by atoms with Crippen LogP contribution in [0.3, 0.4) is 0 Å². The Morgan fingerprint density at radius 1 is 0.943 bits per heavy atom.